The second-order valence-electron chi connectivity index (χ2n) is 4.73. The third kappa shape index (κ3) is 2.38. The van der Waals surface area contributed by atoms with Crippen molar-refractivity contribution in [3.8, 4) is 0 Å². The summed E-state index contributed by atoms with van der Waals surface area (Å²) in [6.07, 6.45) is 6.77. The molecule has 1 aromatic heterocycles. The Bertz CT molecular complexity index is 389. The Morgan fingerprint density at radius 3 is 3.11 bits per heavy atom. The van der Waals surface area contributed by atoms with Gasteiger partial charge in [0, 0.05) is 0 Å². The van der Waals surface area contributed by atoms with Gasteiger partial charge in [-0.05, 0) is 32.2 Å². The van der Waals surface area contributed by atoms with E-state index >= 15 is 0 Å². The number of hydrogen-bond acceptors (Lipinski definition) is 5. The molecule has 0 aromatic carbocycles. The van der Waals surface area contributed by atoms with Crippen LogP contribution < -0.4 is 5.32 Å². The molecule has 0 saturated heterocycles. The molecule has 0 aliphatic heterocycles. The predicted octanol–water partition coefficient (Wildman–Crippen LogP) is 0.914. The zero-order valence-corrected chi connectivity index (χ0v) is 10.9. The molecule has 1 aromatic rings. The zero-order chi connectivity index (χ0) is 13.0. The van der Waals surface area contributed by atoms with Crippen LogP contribution >= 0.6 is 0 Å². The molecular weight excluding hydrogens is 232 g/mol. The Hall–Kier alpha value is -1.43. The van der Waals surface area contributed by atoms with Gasteiger partial charge in [0.2, 0.25) is 0 Å². The molecular formula is C12H20N4O2. The average molecular weight is 252 g/mol. The van der Waals surface area contributed by atoms with Crippen molar-refractivity contribution < 1.29 is 9.53 Å². The van der Waals surface area contributed by atoms with Crippen molar-refractivity contribution in [2.45, 2.75) is 44.2 Å². The summed E-state index contributed by atoms with van der Waals surface area (Å²) >= 11 is 0. The number of nitrogens with zero attached hydrogens (tertiary/aromatic N) is 3. The highest BCUT2D eigenvalue weighted by Gasteiger charge is 2.43. The smallest absolute Gasteiger partial charge is 0.326 e. The molecule has 0 bridgehead atoms. The SMILES string of the molecule is CCNC1(C(=O)OC)CCCC(n2cncn2)C1. The van der Waals surface area contributed by atoms with Gasteiger partial charge in [-0.1, -0.05) is 6.92 Å². The fourth-order valence-corrected chi connectivity index (χ4v) is 2.83. The summed E-state index contributed by atoms with van der Waals surface area (Å²) in [7, 11) is 1.44. The van der Waals surface area contributed by atoms with E-state index in [1.807, 2.05) is 11.6 Å². The van der Waals surface area contributed by atoms with Crippen molar-refractivity contribution in [2.24, 2.45) is 0 Å². The fourth-order valence-electron chi connectivity index (χ4n) is 2.83. The molecule has 0 radical (unpaired) electrons. The fraction of sp³-hybridized carbons (Fsp3) is 0.750. The van der Waals surface area contributed by atoms with Crippen LogP contribution in [-0.4, -0.2) is 39.9 Å². The lowest BCUT2D eigenvalue weighted by Gasteiger charge is -2.39. The van der Waals surface area contributed by atoms with Gasteiger partial charge in [-0.15, -0.1) is 0 Å². The highest BCUT2D eigenvalue weighted by Crippen LogP contribution is 2.35. The lowest BCUT2D eigenvalue weighted by atomic mass is 9.79. The summed E-state index contributed by atoms with van der Waals surface area (Å²) in [5.41, 5.74) is -0.571. The van der Waals surface area contributed by atoms with E-state index in [0.29, 0.717) is 6.42 Å². The lowest BCUT2D eigenvalue weighted by molar-refractivity contribution is -0.150. The molecule has 2 rings (SSSR count). The first-order chi connectivity index (χ1) is 8.72. The lowest BCUT2D eigenvalue weighted by Crippen LogP contribution is -2.55. The minimum absolute atomic E-state index is 0.172. The first kappa shape index (κ1) is 13.0. The van der Waals surface area contributed by atoms with E-state index in [4.69, 9.17) is 4.74 Å². The van der Waals surface area contributed by atoms with Crippen molar-refractivity contribution in [1.29, 1.82) is 0 Å². The largest absolute Gasteiger partial charge is 0.468 e. The maximum Gasteiger partial charge on any atom is 0.326 e. The van der Waals surface area contributed by atoms with Crippen LogP contribution in [0.5, 0.6) is 0 Å². The molecule has 18 heavy (non-hydrogen) atoms. The van der Waals surface area contributed by atoms with Gasteiger partial charge in [-0.2, -0.15) is 5.10 Å². The molecule has 1 aliphatic rings. The van der Waals surface area contributed by atoms with Crippen LogP contribution in [0.2, 0.25) is 0 Å². The van der Waals surface area contributed by atoms with Crippen molar-refractivity contribution in [3.05, 3.63) is 12.7 Å². The normalized spacial score (nSPS) is 28.0. The number of rotatable bonds is 4. The number of nitrogens with one attached hydrogen (secondary N) is 1. The molecule has 0 spiro atoms. The van der Waals surface area contributed by atoms with Gasteiger partial charge in [0.05, 0.1) is 13.2 Å². The molecule has 100 valence electrons. The second kappa shape index (κ2) is 5.48. The van der Waals surface area contributed by atoms with Gasteiger partial charge in [0.15, 0.2) is 0 Å². The van der Waals surface area contributed by atoms with Crippen LogP contribution in [0.3, 0.4) is 0 Å². The summed E-state index contributed by atoms with van der Waals surface area (Å²) in [6.45, 7) is 2.75. The predicted molar refractivity (Wildman–Crippen MR) is 66.0 cm³/mol. The summed E-state index contributed by atoms with van der Waals surface area (Å²) in [5, 5.41) is 7.48. The molecule has 0 amide bonds. The first-order valence-corrected chi connectivity index (χ1v) is 6.39. The Labute approximate surface area is 107 Å². The molecule has 1 saturated carbocycles. The number of esters is 1. The monoisotopic (exact) mass is 252 g/mol. The molecule has 1 fully saturated rings. The number of carbonyl (C=O) groups excluding carboxylic acids is 1. The second-order valence-corrected chi connectivity index (χ2v) is 4.73. The summed E-state index contributed by atoms with van der Waals surface area (Å²) in [4.78, 5) is 16.0. The third-order valence-corrected chi connectivity index (χ3v) is 3.63. The number of ether oxygens (including phenoxy) is 1. The molecule has 6 nitrogen and oxygen atoms in total. The van der Waals surface area contributed by atoms with Gasteiger partial charge < -0.3 is 10.1 Å². The Kier molecular flexibility index (Phi) is 3.96. The van der Waals surface area contributed by atoms with E-state index in [0.717, 1.165) is 25.8 Å². The topological polar surface area (TPSA) is 69.0 Å². The van der Waals surface area contributed by atoms with Crippen LogP contribution in [0.4, 0.5) is 0 Å². The molecule has 6 heteroatoms. The van der Waals surface area contributed by atoms with E-state index in [-0.39, 0.29) is 12.0 Å². The minimum Gasteiger partial charge on any atom is -0.468 e. The first-order valence-electron chi connectivity index (χ1n) is 6.39. The summed E-state index contributed by atoms with van der Waals surface area (Å²) in [5.74, 6) is -0.172. The van der Waals surface area contributed by atoms with Crippen molar-refractivity contribution in [3.63, 3.8) is 0 Å². The van der Waals surface area contributed by atoms with Crippen molar-refractivity contribution >= 4 is 5.97 Å². The zero-order valence-electron chi connectivity index (χ0n) is 10.9. The van der Waals surface area contributed by atoms with E-state index in [1.54, 1.807) is 6.33 Å². The maximum atomic E-state index is 12.1. The standard InChI is InChI=1S/C12H20N4O2/c1-3-14-12(11(17)18-2)6-4-5-10(7-12)16-9-13-8-15-16/h8-10,14H,3-7H2,1-2H3. The third-order valence-electron chi connectivity index (χ3n) is 3.63. The number of likely N-dealkylation sites (N-methyl/N-ethyl adjacent to an activating group) is 1. The number of carbonyl (C=O) groups is 1. The van der Waals surface area contributed by atoms with E-state index < -0.39 is 5.54 Å². The highest BCUT2D eigenvalue weighted by molar-refractivity contribution is 5.81. The van der Waals surface area contributed by atoms with E-state index in [9.17, 15) is 4.79 Å². The van der Waals surface area contributed by atoms with Crippen molar-refractivity contribution in [2.75, 3.05) is 13.7 Å². The van der Waals surface area contributed by atoms with Gasteiger partial charge in [-0.3, -0.25) is 4.79 Å². The molecule has 1 N–H and O–H groups in total. The average Bonchev–Trinajstić information content (AvgIpc) is 2.92. The molecule has 2 unspecified atom stereocenters. The van der Waals surface area contributed by atoms with Crippen molar-refractivity contribution in [1.82, 2.24) is 20.1 Å². The summed E-state index contributed by atoms with van der Waals surface area (Å²) in [6, 6.07) is 0.208. The van der Waals surface area contributed by atoms with Gasteiger partial charge in [-0.25, -0.2) is 9.67 Å². The van der Waals surface area contributed by atoms with Gasteiger partial charge >= 0.3 is 5.97 Å². The molecule has 1 aliphatic carbocycles. The highest BCUT2D eigenvalue weighted by atomic mass is 16.5. The van der Waals surface area contributed by atoms with Gasteiger partial charge in [0.1, 0.15) is 18.2 Å². The van der Waals surface area contributed by atoms with Crippen LogP contribution in [0.15, 0.2) is 12.7 Å². The number of aromatic nitrogens is 3. The maximum absolute atomic E-state index is 12.1. The Balaban J connectivity index is 2.18. The number of methoxy groups -OCH3 is 1. The van der Waals surface area contributed by atoms with E-state index in [1.165, 1.54) is 13.4 Å². The van der Waals surface area contributed by atoms with Crippen LogP contribution in [0.25, 0.3) is 0 Å². The van der Waals surface area contributed by atoms with Crippen LogP contribution in [0.1, 0.15) is 38.6 Å². The molecule has 2 atom stereocenters. The molecule has 1 heterocycles. The van der Waals surface area contributed by atoms with E-state index in [2.05, 4.69) is 15.4 Å². The summed E-state index contributed by atoms with van der Waals surface area (Å²) < 4.78 is 6.81. The minimum atomic E-state index is -0.571. The Morgan fingerprint density at radius 2 is 2.50 bits per heavy atom. The van der Waals surface area contributed by atoms with Gasteiger partial charge in [0.25, 0.3) is 0 Å². The van der Waals surface area contributed by atoms with Crippen LogP contribution in [-0.2, 0) is 9.53 Å². The number of hydrogen-bond donors (Lipinski definition) is 1. The Morgan fingerprint density at radius 1 is 1.67 bits per heavy atom. The quantitative estimate of drug-likeness (QED) is 0.807. The van der Waals surface area contributed by atoms with Crippen LogP contribution in [0, 0.1) is 0 Å².